The third-order valence-electron chi connectivity index (χ3n) is 3.27. The van der Waals surface area contributed by atoms with Gasteiger partial charge in [0.15, 0.2) is 0 Å². The van der Waals surface area contributed by atoms with Gasteiger partial charge in [-0.05, 0) is 26.2 Å². The average molecular weight is 276 g/mol. The van der Waals surface area contributed by atoms with Crippen LogP contribution in [0.3, 0.4) is 0 Å². The molecule has 1 aromatic heterocycles. The predicted molar refractivity (Wildman–Crippen MR) is 79.5 cm³/mol. The van der Waals surface area contributed by atoms with Crippen LogP contribution in [-0.2, 0) is 4.74 Å². The number of hydrogen-bond donors (Lipinski definition) is 0. The molecule has 110 valence electrons. The van der Waals surface area contributed by atoms with E-state index in [1.54, 1.807) is 6.20 Å². The van der Waals surface area contributed by atoms with Crippen LogP contribution in [0.15, 0.2) is 6.20 Å². The molecule has 0 spiro atoms. The number of aromatic nitrogens is 2. The van der Waals surface area contributed by atoms with Crippen LogP contribution in [0, 0.1) is 24.7 Å². The molecule has 4 nitrogen and oxygen atoms in total. The van der Waals surface area contributed by atoms with E-state index in [-0.39, 0.29) is 23.5 Å². The zero-order valence-electron chi connectivity index (χ0n) is 13.2. The summed E-state index contributed by atoms with van der Waals surface area (Å²) in [5.41, 5.74) is 1.13. The Kier molecular flexibility index (Phi) is 4.99. The van der Waals surface area contributed by atoms with Crippen molar-refractivity contribution in [3.8, 4) is 12.3 Å². The molecule has 0 amide bonds. The van der Waals surface area contributed by atoms with Crippen LogP contribution in [0.4, 0.5) is 0 Å². The summed E-state index contributed by atoms with van der Waals surface area (Å²) in [6, 6.07) is 0.209. The lowest BCUT2D eigenvalue weighted by Crippen LogP contribution is -2.31. The number of ether oxygens (including phenoxy) is 1. The predicted octanol–water partition coefficient (Wildman–Crippen LogP) is 3.37. The highest BCUT2D eigenvalue weighted by molar-refractivity contribution is 5.90. The zero-order valence-corrected chi connectivity index (χ0v) is 13.2. The molecule has 0 radical (unpaired) electrons. The van der Waals surface area contributed by atoms with Crippen LogP contribution in [0.25, 0.3) is 0 Å². The van der Waals surface area contributed by atoms with Crippen LogP contribution < -0.4 is 0 Å². The second-order valence-electron chi connectivity index (χ2n) is 6.35. The molecule has 1 aromatic rings. The number of esters is 1. The van der Waals surface area contributed by atoms with Gasteiger partial charge in [0.1, 0.15) is 11.7 Å². The smallest absolute Gasteiger partial charge is 0.341 e. The lowest BCUT2D eigenvalue weighted by Gasteiger charge is -2.28. The van der Waals surface area contributed by atoms with Crippen LogP contribution in [0.5, 0.6) is 0 Å². The van der Waals surface area contributed by atoms with E-state index in [0.717, 1.165) is 5.69 Å². The van der Waals surface area contributed by atoms with Crippen LogP contribution in [0.2, 0.25) is 0 Å². The molecule has 0 aliphatic rings. The van der Waals surface area contributed by atoms with E-state index in [9.17, 15) is 4.79 Å². The van der Waals surface area contributed by atoms with E-state index < -0.39 is 0 Å². The summed E-state index contributed by atoms with van der Waals surface area (Å²) in [4.78, 5) is 12.3. The maximum atomic E-state index is 12.3. The Morgan fingerprint density at radius 3 is 2.50 bits per heavy atom. The van der Waals surface area contributed by atoms with E-state index in [0.29, 0.717) is 12.0 Å². The Hall–Kier alpha value is -1.76. The standard InChI is InChI=1S/C16H24N2O2/c1-8-9-14(16(5,6)7)20-15(19)13-10-17-18(11(2)3)12(13)4/h1,10-11,14H,9H2,2-7H3/t14-/m1/s1. The first-order valence-corrected chi connectivity index (χ1v) is 6.87. The van der Waals surface area contributed by atoms with Gasteiger partial charge in [-0.1, -0.05) is 20.8 Å². The molecule has 0 saturated heterocycles. The fourth-order valence-corrected chi connectivity index (χ4v) is 1.97. The molecule has 1 rings (SSSR count). The third-order valence-corrected chi connectivity index (χ3v) is 3.27. The number of hydrogen-bond acceptors (Lipinski definition) is 3. The Morgan fingerprint density at radius 1 is 1.50 bits per heavy atom. The van der Waals surface area contributed by atoms with Crippen molar-refractivity contribution in [2.45, 2.75) is 60.1 Å². The van der Waals surface area contributed by atoms with Crippen molar-refractivity contribution in [2.24, 2.45) is 5.41 Å². The maximum absolute atomic E-state index is 12.3. The quantitative estimate of drug-likeness (QED) is 0.625. The molecule has 0 saturated carbocycles. The SMILES string of the molecule is C#CC[C@@H](OC(=O)c1cnn(C(C)C)c1C)C(C)(C)C. The Bertz CT molecular complexity index is 516. The van der Waals surface area contributed by atoms with E-state index in [1.807, 2.05) is 46.2 Å². The van der Waals surface area contributed by atoms with Crippen molar-refractivity contribution in [2.75, 3.05) is 0 Å². The van der Waals surface area contributed by atoms with Gasteiger partial charge in [-0.3, -0.25) is 4.68 Å². The molecule has 0 unspecified atom stereocenters. The first kappa shape index (κ1) is 16.3. The zero-order chi connectivity index (χ0) is 15.5. The summed E-state index contributed by atoms with van der Waals surface area (Å²) in [6.45, 7) is 11.9. The molecule has 1 atom stereocenters. The Balaban J connectivity index is 2.93. The molecule has 4 heteroatoms. The summed E-state index contributed by atoms with van der Waals surface area (Å²) in [6.07, 6.45) is 7.02. The van der Waals surface area contributed by atoms with Gasteiger partial charge in [0.05, 0.1) is 11.9 Å². The molecule has 0 fully saturated rings. The molecular formula is C16H24N2O2. The topological polar surface area (TPSA) is 44.1 Å². The fraction of sp³-hybridized carbons (Fsp3) is 0.625. The van der Waals surface area contributed by atoms with Gasteiger partial charge in [0.2, 0.25) is 0 Å². The first-order chi connectivity index (χ1) is 9.18. The highest BCUT2D eigenvalue weighted by Crippen LogP contribution is 2.26. The first-order valence-electron chi connectivity index (χ1n) is 6.87. The van der Waals surface area contributed by atoms with E-state index in [4.69, 9.17) is 11.2 Å². The van der Waals surface area contributed by atoms with Crippen molar-refractivity contribution in [3.05, 3.63) is 17.5 Å². The van der Waals surface area contributed by atoms with Crippen molar-refractivity contribution in [3.63, 3.8) is 0 Å². The van der Waals surface area contributed by atoms with Gasteiger partial charge in [-0.25, -0.2) is 4.79 Å². The minimum Gasteiger partial charge on any atom is -0.457 e. The molecule has 1 heterocycles. The number of rotatable bonds is 4. The number of carbonyl (C=O) groups is 1. The van der Waals surface area contributed by atoms with Crippen molar-refractivity contribution < 1.29 is 9.53 Å². The summed E-state index contributed by atoms with van der Waals surface area (Å²) >= 11 is 0. The van der Waals surface area contributed by atoms with Gasteiger partial charge >= 0.3 is 5.97 Å². The highest BCUT2D eigenvalue weighted by atomic mass is 16.5. The van der Waals surface area contributed by atoms with Gasteiger partial charge in [-0.15, -0.1) is 12.3 Å². The number of nitrogens with zero attached hydrogens (tertiary/aromatic N) is 2. The fourth-order valence-electron chi connectivity index (χ4n) is 1.97. The lowest BCUT2D eigenvalue weighted by molar-refractivity contribution is -0.000632. The van der Waals surface area contributed by atoms with Crippen molar-refractivity contribution in [1.82, 2.24) is 9.78 Å². The average Bonchev–Trinajstić information content (AvgIpc) is 2.69. The molecule has 0 aromatic carbocycles. The summed E-state index contributed by atoms with van der Waals surface area (Å²) in [7, 11) is 0. The Labute approximate surface area is 121 Å². The summed E-state index contributed by atoms with van der Waals surface area (Å²) in [5, 5.41) is 4.23. The normalized spacial score (nSPS) is 13.1. The molecule has 0 aliphatic carbocycles. The summed E-state index contributed by atoms with van der Waals surface area (Å²) in [5.74, 6) is 2.21. The largest absolute Gasteiger partial charge is 0.457 e. The molecule has 0 N–H and O–H groups in total. The maximum Gasteiger partial charge on any atom is 0.341 e. The lowest BCUT2D eigenvalue weighted by atomic mass is 9.87. The van der Waals surface area contributed by atoms with Crippen LogP contribution in [-0.4, -0.2) is 21.9 Å². The van der Waals surface area contributed by atoms with Gasteiger partial charge < -0.3 is 4.74 Å². The molecule has 0 bridgehead atoms. The number of terminal acetylenes is 1. The highest BCUT2D eigenvalue weighted by Gasteiger charge is 2.29. The van der Waals surface area contributed by atoms with Gasteiger partial charge in [-0.2, -0.15) is 5.10 Å². The van der Waals surface area contributed by atoms with Crippen LogP contribution >= 0.6 is 0 Å². The van der Waals surface area contributed by atoms with E-state index in [2.05, 4.69) is 11.0 Å². The van der Waals surface area contributed by atoms with Crippen LogP contribution in [0.1, 0.15) is 63.1 Å². The molecule has 0 aliphatic heterocycles. The second kappa shape index (κ2) is 6.13. The van der Waals surface area contributed by atoms with Gasteiger partial charge in [0.25, 0.3) is 0 Å². The third kappa shape index (κ3) is 3.63. The van der Waals surface area contributed by atoms with Gasteiger partial charge in [0, 0.05) is 12.5 Å². The molecular weight excluding hydrogens is 252 g/mol. The van der Waals surface area contributed by atoms with E-state index >= 15 is 0 Å². The summed E-state index contributed by atoms with van der Waals surface area (Å²) < 4.78 is 7.39. The van der Waals surface area contributed by atoms with E-state index in [1.165, 1.54) is 0 Å². The molecule has 20 heavy (non-hydrogen) atoms. The monoisotopic (exact) mass is 276 g/mol. The number of carbonyl (C=O) groups excluding carboxylic acids is 1. The minimum atomic E-state index is -0.357. The second-order valence-corrected chi connectivity index (χ2v) is 6.35. The Morgan fingerprint density at radius 2 is 2.10 bits per heavy atom. The minimum absolute atomic E-state index is 0.190. The van der Waals surface area contributed by atoms with Crippen molar-refractivity contribution in [1.29, 1.82) is 0 Å². The van der Waals surface area contributed by atoms with Crippen molar-refractivity contribution >= 4 is 5.97 Å².